The van der Waals surface area contributed by atoms with Crippen molar-refractivity contribution in [2.75, 3.05) is 18.6 Å². The Balaban J connectivity index is 4.64. The Morgan fingerprint density at radius 1 is 1.38 bits per heavy atom. The van der Waals surface area contributed by atoms with Crippen LogP contribution in [0.4, 0.5) is 0 Å². The number of carbonyl (C=O) groups excluding carboxylic acids is 1. The van der Waals surface area contributed by atoms with Crippen LogP contribution in [0, 0.1) is 11.3 Å². The summed E-state index contributed by atoms with van der Waals surface area (Å²) in [6.45, 7) is 3.99. The van der Waals surface area contributed by atoms with E-state index in [-0.39, 0.29) is 29.9 Å². The van der Waals surface area contributed by atoms with E-state index in [1.54, 1.807) is 0 Å². The maximum absolute atomic E-state index is 12.0. The van der Waals surface area contributed by atoms with Gasteiger partial charge in [-0.05, 0) is 36.9 Å². The number of nitrogens with zero attached hydrogens (tertiary/aromatic N) is 1. The first kappa shape index (κ1) is 19.9. The van der Waals surface area contributed by atoms with Crippen molar-refractivity contribution in [3.05, 3.63) is 0 Å². The predicted octanol–water partition coefficient (Wildman–Crippen LogP) is -0.0498. The van der Waals surface area contributed by atoms with Crippen molar-refractivity contribution in [1.29, 1.82) is 5.26 Å². The molecule has 0 radical (unpaired) electrons. The lowest BCUT2D eigenvalue weighted by atomic mass is 10.3. The molecule has 0 rings (SSSR count). The molecule has 1 amide bonds. The standard InChI is InChI=1S/C11H20N4O3S3/c1-8(2)14-11(19)15-9(7-20-21(3,17)18)10(16)13-6-4-5-12/h8-9H,4,6-7H2,1-3H3,(H,13,16)(H2,14,15,19). The van der Waals surface area contributed by atoms with Gasteiger partial charge in [-0.3, -0.25) is 4.79 Å². The summed E-state index contributed by atoms with van der Waals surface area (Å²) in [6, 6.07) is 1.21. The molecular weight excluding hydrogens is 332 g/mol. The third-order valence-electron chi connectivity index (χ3n) is 2.03. The second-order valence-electron chi connectivity index (χ2n) is 4.51. The number of rotatable bonds is 8. The van der Waals surface area contributed by atoms with Gasteiger partial charge in [0.25, 0.3) is 0 Å². The molecule has 0 aliphatic rings. The van der Waals surface area contributed by atoms with Crippen LogP contribution in [-0.2, 0) is 13.7 Å². The summed E-state index contributed by atoms with van der Waals surface area (Å²) < 4.78 is 22.4. The molecule has 0 aromatic carbocycles. The molecule has 1 unspecified atom stereocenters. The molecular formula is C11H20N4O3S3. The van der Waals surface area contributed by atoms with Crippen molar-refractivity contribution in [1.82, 2.24) is 16.0 Å². The number of nitrogens with one attached hydrogen (secondary N) is 3. The number of thiocarbonyl (C=S) groups is 1. The largest absolute Gasteiger partial charge is 0.361 e. The molecule has 0 aromatic heterocycles. The third-order valence-corrected chi connectivity index (χ3v) is 4.85. The van der Waals surface area contributed by atoms with Crippen LogP contribution in [0.25, 0.3) is 0 Å². The van der Waals surface area contributed by atoms with Crippen molar-refractivity contribution in [3.8, 4) is 6.07 Å². The highest BCUT2D eigenvalue weighted by atomic mass is 33.1. The first-order valence-electron chi connectivity index (χ1n) is 6.21. The van der Waals surface area contributed by atoms with Crippen LogP contribution < -0.4 is 16.0 Å². The van der Waals surface area contributed by atoms with Gasteiger partial charge >= 0.3 is 0 Å². The zero-order valence-electron chi connectivity index (χ0n) is 12.2. The SMILES string of the molecule is CC(C)NC(=S)NC(CSS(C)(=O)=O)C(=O)NCCC#N. The molecule has 0 heterocycles. The predicted molar refractivity (Wildman–Crippen MR) is 88.3 cm³/mol. The van der Waals surface area contributed by atoms with Gasteiger partial charge in [0.05, 0.1) is 12.5 Å². The van der Waals surface area contributed by atoms with Crippen LogP contribution in [0.3, 0.4) is 0 Å². The van der Waals surface area contributed by atoms with Gasteiger partial charge in [0.1, 0.15) is 6.04 Å². The highest BCUT2D eigenvalue weighted by Gasteiger charge is 2.21. The van der Waals surface area contributed by atoms with E-state index in [1.807, 2.05) is 19.9 Å². The van der Waals surface area contributed by atoms with Crippen LogP contribution in [0.1, 0.15) is 20.3 Å². The Morgan fingerprint density at radius 2 is 2.00 bits per heavy atom. The average Bonchev–Trinajstić information content (AvgIpc) is 2.32. The highest BCUT2D eigenvalue weighted by molar-refractivity contribution is 8.71. The molecule has 7 nitrogen and oxygen atoms in total. The molecule has 0 bridgehead atoms. The van der Waals surface area contributed by atoms with Crippen LogP contribution in [0.15, 0.2) is 0 Å². The van der Waals surface area contributed by atoms with Crippen molar-refractivity contribution < 1.29 is 13.2 Å². The van der Waals surface area contributed by atoms with E-state index in [1.165, 1.54) is 0 Å². The van der Waals surface area contributed by atoms with Gasteiger partial charge < -0.3 is 16.0 Å². The van der Waals surface area contributed by atoms with Crippen molar-refractivity contribution >= 4 is 42.9 Å². The monoisotopic (exact) mass is 352 g/mol. The minimum atomic E-state index is -3.26. The van der Waals surface area contributed by atoms with E-state index in [9.17, 15) is 13.2 Å². The Morgan fingerprint density at radius 3 is 2.48 bits per heavy atom. The normalized spacial score (nSPS) is 12.3. The zero-order chi connectivity index (χ0) is 16.5. The molecule has 0 aromatic rings. The Labute approximate surface area is 134 Å². The fraction of sp³-hybridized carbons (Fsp3) is 0.727. The molecule has 21 heavy (non-hydrogen) atoms. The lowest BCUT2D eigenvalue weighted by Crippen LogP contribution is -2.52. The fourth-order valence-electron chi connectivity index (χ4n) is 1.20. The van der Waals surface area contributed by atoms with Gasteiger partial charge in [0.2, 0.25) is 5.91 Å². The summed E-state index contributed by atoms with van der Waals surface area (Å²) >= 11 is 5.06. The molecule has 10 heteroatoms. The molecule has 0 fully saturated rings. The third kappa shape index (κ3) is 11.3. The zero-order valence-corrected chi connectivity index (χ0v) is 14.6. The first-order chi connectivity index (χ1) is 9.65. The Kier molecular flexibility index (Phi) is 9.32. The van der Waals surface area contributed by atoms with Crippen molar-refractivity contribution in [2.45, 2.75) is 32.4 Å². The molecule has 0 aliphatic heterocycles. The minimum Gasteiger partial charge on any atom is -0.361 e. The van der Waals surface area contributed by atoms with Gasteiger partial charge in [-0.25, -0.2) is 8.42 Å². The molecule has 120 valence electrons. The quantitative estimate of drug-likeness (QED) is 0.317. The second kappa shape index (κ2) is 9.81. The lowest BCUT2D eigenvalue weighted by molar-refractivity contribution is -0.122. The minimum absolute atomic E-state index is 0.0249. The van der Waals surface area contributed by atoms with Crippen LogP contribution in [-0.4, -0.2) is 50.1 Å². The molecule has 3 N–H and O–H groups in total. The van der Waals surface area contributed by atoms with Crippen LogP contribution in [0.2, 0.25) is 0 Å². The summed E-state index contributed by atoms with van der Waals surface area (Å²) in [7, 11) is -2.59. The second-order valence-corrected chi connectivity index (χ2v) is 9.42. The molecule has 0 saturated heterocycles. The number of amides is 1. The highest BCUT2D eigenvalue weighted by Crippen LogP contribution is 2.11. The van der Waals surface area contributed by atoms with Crippen LogP contribution >= 0.6 is 23.0 Å². The fourth-order valence-corrected chi connectivity index (χ4v) is 3.35. The maximum Gasteiger partial charge on any atom is 0.243 e. The first-order valence-corrected chi connectivity index (χ1v) is 10.0. The summed E-state index contributed by atoms with van der Waals surface area (Å²) in [5, 5.41) is 17.0. The Hall–Kier alpha value is -1.05. The summed E-state index contributed by atoms with van der Waals surface area (Å²) in [6.07, 6.45) is 1.26. The van der Waals surface area contributed by atoms with E-state index < -0.39 is 20.8 Å². The van der Waals surface area contributed by atoms with Gasteiger partial charge in [-0.15, -0.1) is 0 Å². The van der Waals surface area contributed by atoms with E-state index >= 15 is 0 Å². The summed E-state index contributed by atoms with van der Waals surface area (Å²) in [5.74, 6) is -0.369. The maximum atomic E-state index is 12.0. The number of nitriles is 1. The number of carbonyl (C=O) groups is 1. The van der Waals surface area contributed by atoms with Gasteiger partial charge in [0.15, 0.2) is 14.0 Å². The average molecular weight is 353 g/mol. The van der Waals surface area contributed by atoms with E-state index in [4.69, 9.17) is 17.5 Å². The van der Waals surface area contributed by atoms with Gasteiger partial charge in [-0.2, -0.15) is 5.26 Å². The van der Waals surface area contributed by atoms with Gasteiger partial charge in [0, 0.05) is 24.6 Å². The molecule has 0 aliphatic carbocycles. The molecule has 0 spiro atoms. The summed E-state index contributed by atoms with van der Waals surface area (Å²) in [4.78, 5) is 12.0. The van der Waals surface area contributed by atoms with Crippen molar-refractivity contribution in [2.24, 2.45) is 0 Å². The van der Waals surface area contributed by atoms with Crippen molar-refractivity contribution in [3.63, 3.8) is 0 Å². The van der Waals surface area contributed by atoms with E-state index in [0.717, 1.165) is 6.26 Å². The topological polar surface area (TPSA) is 111 Å². The van der Waals surface area contributed by atoms with E-state index in [0.29, 0.717) is 10.8 Å². The molecule has 0 saturated carbocycles. The van der Waals surface area contributed by atoms with Crippen LogP contribution in [0.5, 0.6) is 0 Å². The number of hydrogen-bond donors (Lipinski definition) is 3. The summed E-state index contributed by atoms with van der Waals surface area (Å²) in [5.41, 5.74) is 0. The lowest BCUT2D eigenvalue weighted by Gasteiger charge is -2.20. The Bertz CT molecular complexity index is 499. The van der Waals surface area contributed by atoms with Gasteiger partial charge in [-0.1, -0.05) is 0 Å². The number of hydrogen-bond acceptors (Lipinski definition) is 6. The molecule has 1 atom stereocenters. The van der Waals surface area contributed by atoms with E-state index in [2.05, 4.69) is 16.0 Å². The smallest absolute Gasteiger partial charge is 0.243 e.